The SMILES string of the molecule is C[C@H](Oc1nc(C(N)=C2CCC[C@@]3(CCCc4sc(N)c(C#N)c43)C2=O)nc(N2CCNC3(CC3)C2)c1F)[C@@H]1C[C@@H](F)CN1C. The molecule has 45 heavy (non-hydrogen) atoms. The lowest BCUT2D eigenvalue weighted by molar-refractivity contribution is -0.122. The van der Waals surface area contributed by atoms with Crippen molar-refractivity contribution < 1.29 is 18.3 Å². The predicted molar refractivity (Wildman–Crippen MR) is 168 cm³/mol. The Labute approximate surface area is 265 Å². The van der Waals surface area contributed by atoms with E-state index in [0.717, 1.165) is 36.1 Å². The summed E-state index contributed by atoms with van der Waals surface area (Å²) in [6.07, 6.45) is 4.68. The van der Waals surface area contributed by atoms with E-state index < -0.39 is 23.5 Å². The van der Waals surface area contributed by atoms with E-state index in [2.05, 4.69) is 21.4 Å². The van der Waals surface area contributed by atoms with Gasteiger partial charge >= 0.3 is 0 Å². The Hall–Kier alpha value is -3.34. The Morgan fingerprint density at radius 3 is 2.69 bits per heavy atom. The Balaban J connectivity index is 1.30. The molecule has 4 atom stereocenters. The number of allylic oxidation sites excluding steroid dienone is 1. The normalized spacial score (nSPS) is 29.5. The van der Waals surface area contributed by atoms with Crippen molar-refractivity contribution in [1.82, 2.24) is 20.2 Å². The van der Waals surface area contributed by atoms with Gasteiger partial charge in [0.05, 0.1) is 16.7 Å². The molecule has 240 valence electrons. The van der Waals surface area contributed by atoms with E-state index in [9.17, 15) is 14.4 Å². The summed E-state index contributed by atoms with van der Waals surface area (Å²) >= 11 is 1.39. The average Bonchev–Trinajstić information content (AvgIpc) is 3.52. The highest BCUT2D eigenvalue weighted by atomic mass is 32.1. The quantitative estimate of drug-likeness (QED) is 0.416. The maximum Gasteiger partial charge on any atom is 0.256 e. The number of halogens is 2. The minimum atomic E-state index is -0.978. The summed E-state index contributed by atoms with van der Waals surface area (Å²) < 4.78 is 36.6. The third kappa shape index (κ3) is 5.05. The molecule has 0 aromatic carbocycles. The number of alkyl halides is 1. The average molecular weight is 639 g/mol. The molecule has 2 aliphatic heterocycles. The number of fused-ring (bicyclic) bond motifs is 2. The molecule has 3 aliphatic carbocycles. The van der Waals surface area contributed by atoms with Gasteiger partial charge in [-0.25, -0.2) is 9.37 Å². The van der Waals surface area contributed by atoms with Crippen LogP contribution in [0.25, 0.3) is 5.70 Å². The number of ether oxygens (including phenoxy) is 1. The minimum Gasteiger partial charge on any atom is -0.471 e. The number of Topliss-reactive ketones (excluding diaryl/α,β-unsaturated/α-hetero) is 1. The molecule has 7 rings (SSSR count). The third-order valence-corrected chi connectivity index (χ3v) is 11.7. The van der Waals surface area contributed by atoms with Crippen LogP contribution in [0.2, 0.25) is 0 Å². The van der Waals surface area contributed by atoms with Gasteiger partial charge in [-0.1, -0.05) is 0 Å². The van der Waals surface area contributed by atoms with E-state index in [-0.39, 0.29) is 53.5 Å². The van der Waals surface area contributed by atoms with Crippen molar-refractivity contribution in [2.75, 3.05) is 43.9 Å². The highest BCUT2D eigenvalue weighted by molar-refractivity contribution is 7.16. The van der Waals surface area contributed by atoms with Crippen molar-refractivity contribution in [2.45, 2.75) is 94.0 Å². The maximum absolute atomic E-state index is 16.3. The van der Waals surface area contributed by atoms with Crippen LogP contribution in [-0.2, 0) is 16.6 Å². The first-order valence-electron chi connectivity index (χ1n) is 16.0. The number of piperazine rings is 1. The molecule has 0 radical (unpaired) electrons. The van der Waals surface area contributed by atoms with E-state index >= 15 is 4.39 Å². The molecule has 5 N–H and O–H groups in total. The highest BCUT2D eigenvalue weighted by Crippen LogP contribution is 2.52. The molecule has 4 heterocycles. The molecule has 2 spiro atoms. The summed E-state index contributed by atoms with van der Waals surface area (Å²) in [7, 11) is 1.83. The molecule has 13 heteroatoms. The van der Waals surface area contributed by atoms with Gasteiger partial charge in [-0.15, -0.1) is 11.3 Å². The summed E-state index contributed by atoms with van der Waals surface area (Å²) in [5.74, 6) is -0.930. The molecule has 2 saturated carbocycles. The van der Waals surface area contributed by atoms with Crippen molar-refractivity contribution in [3.63, 3.8) is 0 Å². The standard InChI is InChI=1S/C32H40F2N8O2S/c1-17(21-13-18(33)15-41(21)2)44-30-24(34)29(42-12-11-38-31(16-42)9-10-31)39-28(40-30)25(36)19-5-3-7-32(26(19)43)8-4-6-22-23(32)20(14-35)27(37)45-22/h17-18,21,38H,3-13,15-16,36-37H2,1-2H3/t17-,18+,21-,32-/m0/s1. The number of anilines is 2. The van der Waals surface area contributed by atoms with Crippen LogP contribution in [0.1, 0.15) is 80.1 Å². The van der Waals surface area contributed by atoms with Gasteiger partial charge in [-0.3, -0.25) is 9.69 Å². The number of thiophene rings is 1. The molecule has 0 bridgehead atoms. The lowest BCUT2D eigenvalue weighted by atomic mass is 9.61. The number of nitrogens with one attached hydrogen (secondary N) is 1. The molecule has 2 aromatic heterocycles. The van der Waals surface area contributed by atoms with Gasteiger partial charge in [0.25, 0.3) is 5.88 Å². The third-order valence-electron chi connectivity index (χ3n) is 10.6. The number of likely N-dealkylation sites (N-methyl/N-ethyl adjacent to an activating group) is 1. The topological polar surface area (TPSA) is 146 Å². The Kier molecular flexibility index (Phi) is 7.53. The van der Waals surface area contributed by atoms with Gasteiger partial charge in [0, 0.05) is 48.2 Å². The molecule has 4 fully saturated rings. The number of aromatic nitrogens is 2. The number of nitrogens with zero attached hydrogens (tertiary/aromatic N) is 5. The fraction of sp³-hybridized carbons (Fsp3) is 0.625. The summed E-state index contributed by atoms with van der Waals surface area (Å²) in [6, 6.07) is 2.00. The number of rotatable bonds is 5. The molecule has 5 aliphatic rings. The van der Waals surface area contributed by atoms with Crippen molar-refractivity contribution in [1.29, 1.82) is 5.26 Å². The first-order chi connectivity index (χ1) is 21.6. The first kappa shape index (κ1) is 30.3. The number of nitriles is 1. The zero-order valence-corrected chi connectivity index (χ0v) is 26.6. The van der Waals surface area contributed by atoms with Crippen LogP contribution >= 0.6 is 11.3 Å². The zero-order valence-electron chi connectivity index (χ0n) is 25.8. The van der Waals surface area contributed by atoms with Crippen molar-refractivity contribution in [3.05, 3.63) is 33.2 Å². The van der Waals surface area contributed by atoms with E-state index in [1.807, 2.05) is 16.8 Å². The molecule has 2 aromatic rings. The van der Waals surface area contributed by atoms with Gasteiger partial charge < -0.3 is 26.4 Å². The minimum absolute atomic E-state index is 0.0434. The van der Waals surface area contributed by atoms with Crippen LogP contribution in [0.5, 0.6) is 5.88 Å². The Morgan fingerprint density at radius 1 is 1.24 bits per heavy atom. The molecule has 0 unspecified atom stereocenters. The van der Waals surface area contributed by atoms with Gasteiger partial charge in [0.1, 0.15) is 23.3 Å². The Morgan fingerprint density at radius 2 is 2.00 bits per heavy atom. The Bertz CT molecular complexity index is 1620. The monoisotopic (exact) mass is 638 g/mol. The zero-order chi connectivity index (χ0) is 31.7. The highest BCUT2D eigenvalue weighted by Gasteiger charge is 2.50. The number of ketones is 1. The first-order valence-corrected chi connectivity index (χ1v) is 16.8. The molecular weight excluding hydrogens is 598 g/mol. The second-order valence-electron chi connectivity index (χ2n) is 13.5. The second kappa shape index (κ2) is 11.2. The molecule has 0 amide bonds. The summed E-state index contributed by atoms with van der Waals surface area (Å²) in [6.45, 7) is 3.89. The second-order valence-corrected chi connectivity index (χ2v) is 14.7. The largest absolute Gasteiger partial charge is 0.471 e. The number of likely N-dealkylation sites (tertiary alicyclic amines) is 1. The van der Waals surface area contributed by atoms with E-state index in [1.165, 1.54) is 11.3 Å². The van der Waals surface area contributed by atoms with E-state index in [0.29, 0.717) is 61.5 Å². The van der Waals surface area contributed by atoms with Crippen LogP contribution in [0.3, 0.4) is 0 Å². The molecule has 2 saturated heterocycles. The van der Waals surface area contributed by atoms with Crippen LogP contribution in [0, 0.1) is 17.1 Å². The number of hydrogen-bond donors (Lipinski definition) is 3. The maximum atomic E-state index is 16.3. The van der Waals surface area contributed by atoms with Gasteiger partial charge in [-0.05, 0) is 77.3 Å². The van der Waals surface area contributed by atoms with Gasteiger partial charge in [0.15, 0.2) is 17.4 Å². The van der Waals surface area contributed by atoms with Crippen molar-refractivity contribution in [3.8, 4) is 11.9 Å². The lowest BCUT2D eigenvalue weighted by Crippen LogP contribution is -2.53. The van der Waals surface area contributed by atoms with Crippen LogP contribution in [-0.4, -0.2) is 77.7 Å². The van der Waals surface area contributed by atoms with Gasteiger partial charge in [-0.2, -0.15) is 14.6 Å². The number of carbonyl (C=O) groups is 1. The number of carbonyl (C=O) groups excluding carboxylic acids is 1. The van der Waals surface area contributed by atoms with Crippen LogP contribution in [0.15, 0.2) is 5.57 Å². The molecule has 10 nitrogen and oxygen atoms in total. The number of hydrogen-bond acceptors (Lipinski definition) is 11. The van der Waals surface area contributed by atoms with Crippen LogP contribution in [0.4, 0.5) is 19.6 Å². The van der Waals surface area contributed by atoms with E-state index in [1.54, 1.807) is 6.92 Å². The lowest BCUT2D eigenvalue weighted by Gasteiger charge is -2.40. The van der Waals surface area contributed by atoms with Gasteiger partial charge in [0.2, 0.25) is 5.82 Å². The fourth-order valence-electron chi connectivity index (χ4n) is 8.13. The smallest absolute Gasteiger partial charge is 0.256 e. The molecular formula is C32H40F2N8O2S. The van der Waals surface area contributed by atoms with Crippen molar-refractivity contribution >= 4 is 33.6 Å². The summed E-state index contributed by atoms with van der Waals surface area (Å²) in [4.78, 5) is 28.4. The van der Waals surface area contributed by atoms with E-state index in [4.69, 9.17) is 16.2 Å². The summed E-state index contributed by atoms with van der Waals surface area (Å²) in [5.41, 5.74) is 13.8. The predicted octanol–water partition coefficient (Wildman–Crippen LogP) is 3.58. The number of nitrogens with two attached hydrogens (primary N) is 2. The summed E-state index contributed by atoms with van der Waals surface area (Å²) in [5, 5.41) is 14.0. The number of aryl methyl sites for hydroxylation is 1. The fourth-order valence-corrected chi connectivity index (χ4v) is 9.29. The van der Waals surface area contributed by atoms with Crippen LogP contribution < -0.4 is 26.4 Å². The van der Waals surface area contributed by atoms with Crippen molar-refractivity contribution in [2.24, 2.45) is 5.73 Å². The number of nitrogen functional groups attached to an aromatic ring is 1.